The van der Waals surface area contributed by atoms with Gasteiger partial charge in [0.2, 0.25) is 0 Å². The predicted octanol–water partition coefficient (Wildman–Crippen LogP) is 17.7. The fraction of sp³-hybridized carbons (Fsp3) is 0.0476. The van der Waals surface area contributed by atoms with Gasteiger partial charge >= 0.3 is 0 Å². The van der Waals surface area contributed by atoms with E-state index in [1.165, 1.54) is 66.0 Å². The Morgan fingerprint density at radius 2 is 0.894 bits per heavy atom. The molecule has 1 aliphatic rings. The molecular weight excluding hydrogens is 799 g/mol. The number of rotatable bonds is 8. The van der Waals surface area contributed by atoms with Crippen LogP contribution in [0.25, 0.3) is 88.4 Å². The number of fused-ring (bicyclic) bond motifs is 6. The Labute approximate surface area is 386 Å². The molecule has 0 bridgehead atoms. The van der Waals surface area contributed by atoms with Gasteiger partial charge in [-0.3, -0.25) is 0 Å². The second kappa shape index (κ2) is 17.6. The van der Waals surface area contributed by atoms with E-state index in [0.717, 1.165) is 52.3 Å². The molecule has 0 atom stereocenters. The van der Waals surface area contributed by atoms with E-state index in [1.54, 1.807) is 6.08 Å². The van der Waals surface area contributed by atoms with Crippen LogP contribution in [0.1, 0.15) is 19.8 Å². The first-order valence-corrected chi connectivity index (χ1v) is 22.9. The molecule has 0 N–H and O–H groups in total. The number of hydrogen-bond acceptors (Lipinski definition) is 1. The lowest BCUT2D eigenvalue weighted by Gasteiger charge is -2.27. The topological polar surface area (TPSA) is 13.1 Å². The summed E-state index contributed by atoms with van der Waals surface area (Å²) in [7, 11) is 0. The summed E-state index contributed by atoms with van der Waals surface area (Å²) in [5.74, 6) is 0. The maximum absolute atomic E-state index is 3.36. The Balaban J connectivity index is 0.00000156. The van der Waals surface area contributed by atoms with E-state index >= 15 is 0 Å². The monoisotopic (exact) mass is 847 g/mol. The summed E-state index contributed by atoms with van der Waals surface area (Å²) in [5, 5.41) is 4.99. The van der Waals surface area contributed by atoms with E-state index in [2.05, 4.69) is 257 Å². The summed E-state index contributed by atoms with van der Waals surface area (Å²) >= 11 is 0. The third-order valence-electron chi connectivity index (χ3n) is 12.7. The molecule has 2 heterocycles. The zero-order chi connectivity index (χ0) is 44.4. The maximum atomic E-state index is 3.36. The number of hydrogen-bond donors (Lipinski definition) is 0. The van der Waals surface area contributed by atoms with Crippen molar-refractivity contribution in [3.05, 3.63) is 249 Å². The van der Waals surface area contributed by atoms with Crippen LogP contribution < -0.4 is 4.90 Å². The van der Waals surface area contributed by atoms with Crippen LogP contribution in [0.15, 0.2) is 249 Å². The van der Waals surface area contributed by atoms with Gasteiger partial charge in [0.1, 0.15) is 0 Å². The van der Waals surface area contributed by atoms with Crippen LogP contribution in [-0.2, 0) is 0 Å². The van der Waals surface area contributed by atoms with Crippen LogP contribution in [0.2, 0.25) is 0 Å². The van der Waals surface area contributed by atoms with Gasteiger partial charge in [-0.15, -0.1) is 6.58 Å². The maximum Gasteiger partial charge on any atom is 0.0547 e. The highest BCUT2D eigenvalue weighted by molar-refractivity contribution is 6.12. The lowest BCUT2D eigenvalue weighted by Crippen LogP contribution is -2.10. The van der Waals surface area contributed by atoms with Gasteiger partial charge in [-0.1, -0.05) is 152 Å². The quantitative estimate of drug-likeness (QED) is 0.139. The second-order valence-corrected chi connectivity index (χ2v) is 16.9. The molecule has 9 aromatic carbocycles. The molecule has 0 saturated carbocycles. The van der Waals surface area contributed by atoms with E-state index in [-0.39, 0.29) is 0 Å². The van der Waals surface area contributed by atoms with Crippen LogP contribution in [0, 0.1) is 0 Å². The minimum absolute atomic E-state index is 1.06. The molecule has 11 aromatic rings. The minimum Gasteiger partial charge on any atom is -0.310 e. The Hall–Kier alpha value is -8.40. The van der Waals surface area contributed by atoms with Gasteiger partial charge in [-0.25, -0.2) is 0 Å². The van der Waals surface area contributed by atoms with Gasteiger partial charge in [0, 0.05) is 50.0 Å². The average Bonchev–Trinajstić information content (AvgIpc) is 3.90. The Bertz CT molecular complexity index is 3550. The zero-order valence-electron chi connectivity index (χ0n) is 37.1. The molecule has 2 aromatic heterocycles. The molecule has 3 nitrogen and oxygen atoms in total. The van der Waals surface area contributed by atoms with Crippen molar-refractivity contribution < 1.29 is 0 Å². The van der Waals surface area contributed by atoms with Gasteiger partial charge in [0.05, 0.1) is 22.1 Å². The predicted molar refractivity (Wildman–Crippen MR) is 283 cm³/mol. The summed E-state index contributed by atoms with van der Waals surface area (Å²) in [5.41, 5.74) is 17.6. The van der Waals surface area contributed by atoms with Crippen molar-refractivity contribution in [1.82, 2.24) is 9.13 Å². The van der Waals surface area contributed by atoms with Gasteiger partial charge < -0.3 is 14.0 Å². The van der Waals surface area contributed by atoms with Crippen molar-refractivity contribution in [3.8, 4) is 39.1 Å². The Kier molecular flexibility index (Phi) is 10.8. The normalized spacial score (nSPS) is 12.3. The highest BCUT2D eigenvalue weighted by Crippen LogP contribution is 2.43. The second-order valence-electron chi connectivity index (χ2n) is 16.9. The summed E-state index contributed by atoms with van der Waals surface area (Å²) in [6.45, 7) is 5.25. The number of allylic oxidation sites excluding steroid dienone is 5. The standard InChI is InChI=1S/C60H43N3.C3H6/c1-5-17-42(18-6-1)43-29-33-51(34-30-43)63-57-27-15-13-25-53(57)55-35-31-45(41-60(55)63)47-37-46(38-52(39-47)61(48-19-7-2-8-20-48)49-21-9-3-10-22-49)44-32-36-59-56(40-44)54-26-14-16-28-58(54)62(59)50-23-11-4-12-24-50;1-3-2/h1-3,5-11,13-41H,4,12H2;3H,1H2,2H3. The lowest BCUT2D eigenvalue weighted by atomic mass is 9.95. The third kappa shape index (κ3) is 7.41. The highest BCUT2D eigenvalue weighted by Gasteiger charge is 2.19. The van der Waals surface area contributed by atoms with Crippen LogP contribution in [-0.4, -0.2) is 9.13 Å². The summed E-state index contributed by atoms with van der Waals surface area (Å²) in [6, 6.07) is 79.8. The molecule has 0 fully saturated rings. The molecule has 0 spiro atoms. The molecule has 0 aliphatic heterocycles. The number of para-hydroxylation sites is 4. The van der Waals surface area contributed by atoms with Crippen LogP contribution >= 0.6 is 0 Å². The fourth-order valence-electron chi connectivity index (χ4n) is 9.73. The van der Waals surface area contributed by atoms with Crippen LogP contribution in [0.3, 0.4) is 0 Å². The first-order chi connectivity index (χ1) is 32.7. The molecule has 316 valence electrons. The minimum atomic E-state index is 1.06. The van der Waals surface area contributed by atoms with Crippen molar-refractivity contribution >= 4 is 66.4 Å². The fourth-order valence-corrected chi connectivity index (χ4v) is 9.73. The van der Waals surface area contributed by atoms with Crippen molar-refractivity contribution in [2.24, 2.45) is 0 Å². The number of aromatic nitrogens is 2. The largest absolute Gasteiger partial charge is 0.310 e. The van der Waals surface area contributed by atoms with E-state index in [1.807, 2.05) is 6.92 Å². The highest BCUT2D eigenvalue weighted by atomic mass is 15.1. The van der Waals surface area contributed by atoms with Crippen molar-refractivity contribution in [1.29, 1.82) is 0 Å². The van der Waals surface area contributed by atoms with Gasteiger partial charge in [0.15, 0.2) is 0 Å². The molecule has 1 aliphatic carbocycles. The Morgan fingerprint density at radius 3 is 1.53 bits per heavy atom. The van der Waals surface area contributed by atoms with Gasteiger partial charge in [-0.05, 0) is 144 Å². The zero-order valence-corrected chi connectivity index (χ0v) is 37.1. The molecule has 3 heteroatoms. The van der Waals surface area contributed by atoms with E-state index < -0.39 is 0 Å². The molecule has 0 unspecified atom stereocenters. The first kappa shape index (κ1) is 40.4. The first-order valence-electron chi connectivity index (χ1n) is 22.9. The van der Waals surface area contributed by atoms with Crippen molar-refractivity contribution in [2.75, 3.05) is 4.90 Å². The van der Waals surface area contributed by atoms with Gasteiger partial charge in [0.25, 0.3) is 0 Å². The summed E-state index contributed by atoms with van der Waals surface area (Å²) in [6.07, 6.45) is 10.8. The molecule has 0 amide bonds. The molecule has 66 heavy (non-hydrogen) atoms. The molecular formula is C63H49N3. The SMILES string of the molecule is C1=CC(n2c3ccccc3c3cc(-c4cc(-c5ccc6c7ccccc7n(-c7ccc(-c8ccccc8)cc7)c6c5)cc(N(c5ccccc5)c5ccccc5)c4)ccc32)=CCC1.C=CC. The molecule has 12 rings (SSSR count). The lowest BCUT2D eigenvalue weighted by molar-refractivity contribution is 1.02. The van der Waals surface area contributed by atoms with Crippen molar-refractivity contribution in [3.63, 3.8) is 0 Å². The summed E-state index contributed by atoms with van der Waals surface area (Å²) in [4.78, 5) is 2.38. The summed E-state index contributed by atoms with van der Waals surface area (Å²) < 4.78 is 4.86. The van der Waals surface area contributed by atoms with E-state index in [9.17, 15) is 0 Å². The van der Waals surface area contributed by atoms with E-state index in [4.69, 9.17) is 0 Å². The number of anilines is 3. The van der Waals surface area contributed by atoms with Crippen LogP contribution in [0.4, 0.5) is 17.1 Å². The average molecular weight is 848 g/mol. The Morgan fingerprint density at radius 1 is 0.394 bits per heavy atom. The van der Waals surface area contributed by atoms with E-state index in [0.29, 0.717) is 0 Å². The smallest absolute Gasteiger partial charge is 0.0547 e. The third-order valence-corrected chi connectivity index (χ3v) is 12.7. The number of benzene rings is 9. The molecule has 0 radical (unpaired) electrons. The molecule has 0 saturated heterocycles. The van der Waals surface area contributed by atoms with Gasteiger partial charge in [-0.2, -0.15) is 0 Å². The van der Waals surface area contributed by atoms with Crippen molar-refractivity contribution in [2.45, 2.75) is 19.8 Å². The number of nitrogens with zero attached hydrogens (tertiary/aromatic N) is 3. The van der Waals surface area contributed by atoms with Crippen LogP contribution in [0.5, 0.6) is 0 Å².